The fourth-order valence-corrected chi connectivity index (χ4v) is 1.83. The molecule has 110 valence electrons. The predicted molar refractivity (Wildman–Crippen MR) is 76.5 cm³/mol. The molecule has 0 saturated carbocycles. The molecule has 0 fully saturated rings. The van der Waals surface area contributed by atoms with Gasteiger partial charge in [0, 0.05) is 12.3 Å². The molecule has 0 spiro atoms. The maximum atomic E-state index is 13.7. The topological polar surface area (TPSA) is 35.5 Å². The SMILES string of the molecule is CCOc1ccc(C(C)(C)/C=C(\F)COC(C)=O)cc1. The lowest BCUT2D eigenvalue weighted by Crippen LogP contribution is -2.15. The third-order valence-corrected chi connectivity index (χ3v) is 2.84. The summed E-state index contributed by atoms with van der Waals surface area (Å²) < 4.78 is 23.7. The van der Waals surface area contributed by atoms with Gasteiger partial charge in [0.2, 0.25) is 0 Å². The van der Waals surface area contributed by atoms with Gasteiger partial charge in [-0.1, -0.05) is 26.0 Å². The zero-order valence-electron chi connectivity index (χ0n) is 12.4. The Labute approximate surface area is 119 Å². The Hall–Kier alpha value is -1.84. The minimum absolute atomic E-state index is 0.324. The summed E-state index contributed by atoms with van der Waals surface area (Å²) >= 11 is 0. The Morgan fingerprint density at radius 2 is 1.90 bits per heavy atom. The highest BCUT2D eigenvalue weighted by Gasteiger charge is 2.19. The number of carbonyl (C=O) groups excluding carboxylic acids is 1. The van der Waals surface area contributed by atoms with Crippen LogP contribution < -0.4 is 4.74 Å². The quantitative estimate of drug-likeness (QED) is 0.744. The van der Waals surface area contributed by atoms with Crippen molar-refractivity contribution in [3.8, 4) is 5.75 Å². The van der Waals surface area contributed by atoms with Gasteiger partial charge in [-0.05, 0) is 30.7 Å². The number of rotatable bonds is 6. The highest BCUT2D eigenvalue weighted by atomic mass is 19.1. The van der Waals surface area contributed by atoms with Crippen LogP contribution in [-0.4, -0.2) is 19.2 Å². The highest BCUT2D eigenvalue weighted by Crippen LogP contribution is 2.28. The molecule has 20 heavy (non-hydrogen) atoms. The summed E-state index contributed by atoms with van der Waals surface area (Å²) in [5.41, 5.74) is 0.466. The molecule has 0 radical (unpaired) electrons. The van der Waals surface area contributed by atoms with Crippen LogP contribution >= 0.6 is 0 Å². The number of ether oxygens (including phenoxy) is 2. The van der Waals surface area contributed by atoms with Gasteiger partial charge in [0.15, 0.2) is 0 Å². The fourth-order valence-electron chi connectivity index (χ4n) is 1.83. The van der Waals surface area contributed by atoms with Crippen molar-refractivity contribution < 1.29 is 18.7 Å². The van der Waals surface area contributed by atoms with Crippen molar-refractivity contribution in [1.82, 2.24) is 0 Å². The van der Waals surface area contributed by atoms with Gasteiger partial charge < -0.3 is 9.47 Å². The number of carbonyl (C=O) groups is 1. The summed E-state index contributed by atoms with van der Waals surface area (Å²) in [6.07, 6.45) is 1.46. The first-order chi connectivity index (χ1) is 9.35. The molecule has 4 heteroatoms. The number of halogens is 1. The monoisotopic (exact) mass is 280 g/mol. The van der Waals surface area contributed by atoms with E-state index in [4.69, 9.17) is 4.74 Å². The summed E-state index contributed by atoms with van der Waals surface area (Å²) in [6, 6.07) is 7.53. The van der Waals surface area contributed by atoms with E-state index in [1.807, 2.05) is 45.0 Å². The minimum atomic E-state index is -0.493. The molecular weight excluding hydrogens is 259 g/mol. The first kappa shape index (κ1) is 16.2. The summed E-state index contributed by atoms with van der Waals surface area (Å²) in [4.78, 5) is 10.7. The molecule has 0 amide bonds. The second-order valence-corrected chi connectivity index (χ2v) is 5.05. The van der Waals surface area contributed by atoms with Crippen molar-refractivity contribution >= 4 is 5.97 Å². The summed E-state index contributed by atoms with van der Waals surface area (Å²) in [5, 5.41) is 0. The maximum Gasteiger partial charge on any atom is 0.303 e. The highest BCUT2D eigenvalue weighted by molar-refractivity contribution is 5.66. The smallest absolute Gasteiger partial charge is 0.303 e. The molecule has 0 aliphatic rings. The Morgan fingerprint density at radius 3 is 2.40 bits per heavy atom. The Kier molecular flexibility index (Phi) is 5.74. The lowest BCUT2D eigenvalue weighted by Gasteiger charge is -2.21. The zero-order chi connectivity index (χ0) is 15.2. The molecule has 3 nitrogen and oxygen atoms in total. The van der Waals surface area contributed by atoms with Crippen LogP contribution in [0.15, 0.2) is 36.2 Å². The molecule has 0 N–H and O–H groups in total. The molecule has 0 aliphatic carbocycles. The number of allylic oxidation sites excluding steroid dienone is 1. The third-order valence-electron chi connectivity index (χ3n) is 2.84. The Bertz CT molecular complexity index is 475. The third kappa shape index (κ3) is 5.03. The van der Waals surface area contributed by atoms with Gasteiger partial charge in [-0.2, -0.15) is 0 Å². The van der Waals surface area contributed by atoms with Crippen LogP contribution in [0, 0.1) is 0 Å². The second-order valence-electron chi connectivity index (χ2n) is 5.05. The Balaban J connectivity index is 2.81. The number of hydrogen-bond acceptors (Lipinski definition) is 3. The first-order valence-electron chi connectivity index (χ1n) is 6.59. The largest absolute Gasteiger partial charge is 0.494 e. The molecule has 1 aromatic carbocycles. The van der Waals surface area contributed by atoms with Crippen LogP contribution in [0.1, 0.15) is 33.3 Å². The van der Waals surface area contributed by atoms with Gasteiger partial charge in [-0.15, -0.1) is 0 Å². The molecule has 1 aromatic rings. The number of benzene rings is 1. The van der Waals surface area contributed by atoms with Crippen LogP contribution in [0.3, 0.4) is 0 Å². The van der Waals surface area contributed by atoms with E-state index in [1.165, 1.54) is 13.0 Å². The lowest BCUT2D eigenvalue weighted by molar-refractivity contribution is -0.140. The normalized spacial score (nSPS) is 12.2. The summed E-state index contributed by atoms with van der Waals surface area (Å²) in [5.74, 6) is -0.164. The van der Waals surface area contributed by atoms with Crippen molar-refractivity contribution in [3.05, 3.63) is 41.7 Å². The van der Waals surface area contributed by atoms with Crippen molar-refractivity contribution in [2.24, 2.45) is 0 Å². The van der Waals surface area contributed by atoms with E-state index in [2.05, 4.69) is 4.74 Å². The lowest BCUT2D eigenvalue weighted by atomic mass is 9.84. The van der Waals surface area contributed by atoms with Gasteiger partial charge in [-0.3, -0.25) is 4.79 Å². The average Bonchev–Trinajstić information content (AvgIpc) is 2.37. The van der Waals surface area contributed by atoms with Crippen LogP contribution in [0.25, 0.3) is 0 Å². The first-order valence-corrected chi connectivity index (χ1v) is 6.59. The zero-order valence-corrected chi connectivity index (χ0v) is 12.4. The molecule has 1 rings (SSSR count). The standard InChI is InChI=1S/C16H21FO3/c1-5-19-15-8-6-13(7-9-15)16(3,4)10-14(17)11-20-12(2)18/h6-10H,5,11H2,1-4H3/b14-10-. The van der Waals surface area contributed by atoms with E-state index in [1.54, 1.807) is 0 Å². The molecule has 0 bridgehead atoms. The van der Waals surface area contributed by atoms with Crippen LogP contribution in [0.4, 0.5) is 4.39 Å². The van der Waals surface area contributed by atoms with Crippen molar-refractivity contribution in [1.29, 1.82) is 0 Å². The van der Waals surface area contributed by atoms with E-state index < -0.39 is 17.2 Å². The average molecular weight is 280 g/mol. The molecule has 0 aliphatic heterocycles. The molecule has 0 aromatic heterocycles. The van der Waals surface area contributed by atoms with Crippen molar-refractivity contribution in [3.63, 3.8) is 0 Å². The second kappa shape index (κ2) is 7.08. The molecule has 0 saturated heterocycles. The van der Waals surface area contributed by atoms with Gasteiger partial charge >= 0.3 is 5.97 Å². The van der Waals surface area contributed by atoms with Crippen LogP contribution in [-0.2, 0) is 14.9 Å². The van der Waals surface area contributed by atoms with Crippen LogP contribution in [0.5, 0.6) is 5.75 Å². The Morgan fingerprint density at radius 1 is 1.30 bits per heavy atom. The van der Waals surface area contributed by atoms with E-state index in [0.29, 0.717) is 6.61 Å². The van der Waals surface area contributed by atoms with E-state index >= 15 is 0 Å². The minimum Gasteiger partial charge on any atom is -0.494 e. The van der Waals surface area contributed by atoms with Gasteiger partial charge in [0.1, 0.15) is 18.2 Å². The van der Waals surface area contributed by atoms with Crippen molar-refractivity contribution in [2.75, 3.05) is 13.2 Å². The number of hydrogen-bond donors (Lipinski definition) is 0. The van der Waals surface area contributed by atoms with Crippen LogP contribution in [0.2, 0.25) is 0 Å². The predicted octanol–water partition coefficient (Wildman–Crippen LogP) is 3.78. The number of esters is 1. The van der Waals surface area contributed by atoms with E-state index in [9.17, 15) is 9.18 Å². The van der Waals surface area contributed by atoms with Gasteiger partial charge in [-0.25, -0.2) is 4.39 Å². The van der Waals surface area contributed by atoms with E-state index in [0.717, 1.165) is 11.3 Å². The van der Waals surface area contributed by atoms with Gasteiger partial charge in [0.25, 0.3) is 0 Å². The summed E-state index contributed by atoms with van der Waals surface area (Å²) in [6.45, 7) is 7.26. The van der Waals surface area contributed by atoms with E-state index in [-0.39, 0.29) is 6.61 Å². The molecule has 0 heterocycles. The molecule has 0 unspecified atom stereocenters. The van der Waals surface area contributed by atoms with Gasteiger partial charge in [0.05, 0.1) is 6.61 Å². The van der Waals surface area contributed by atoms with Crippen molar-refractivity contribution in [2.45, 2.75) is 33.1 Å². The maximum absolute atomic E-state index is 13.7. The molecule has 0 atom stereocenters. The summed E-state index contributed by atoms with van der Waals surface area (Å²) in [7, 11) is 0. The fraction of sp³-hybridized carbons (Fsp3) is 0.438. The molecular formula is C16H21FO3.